The maximum atomic E-state index is 13.6. The zero-order valence-electron chi connectivity index (χ0n) is 14.8. The number of aryl methyl sites for hydroxylation is 1. The predicted octanol–water partition coefficient (Wildman–Crippen LogP) is 2.10. The molecule has 0 unspecified atom stereocenters. The molecule has 0 radical (unpaired) electrons. The molecule has 0 aliphatic carbocycles. The molecule has 1 aromatic heterocycles. The molecule has 0 saturated carbocycles. The first-order valence-corrected chi connectivity index (χ1v) is 8.06. The van der Waals surface area contributed by atoms with E-state index in [0.29, 0.717) is 11.9 Å². The molecule has 3 N–H and O–H groups in total. The number of pyridine rings is 1. The lowest BCUT2D eigenvalue weighted by Gasteiger charge is -2.21. The van der Waals surface area contributed by atoms with E-state index in [1.807, 2.05) is 20.8 Å². The fraction of sp³-hybridized carbons (Fsp3) is 0.389. The summed E-state index contributed by atoms with van der Waals surface area (Å²) in [4.78, 5) is 35.7. The van der Waals surface area contributed by atoms with Gasteiger partial charge in [0.1, 0.15) is 23.7 Å². The molecule has 140 valence electrons. The smallest absolute Gasteiger partial charge is 0.322 e. The molecule has 8 heteroatoms. The van der Waals surface area contributed by atoms with Gasteiger partial charge in [0, 0.05) is 11.9 Å². The molecular formula is C18H21FN2O5. The van der Waals surface area contributed by atoms with E-state index < -0.39 is 41.1 Å². The minimum Gasteiger partial charge on any atom is -0.506 e. The van der Waals surface area contributed by atoms with Crippen LogP contribution in [0.4, 0.5) is 4.39 Å². The highest BCUT2D eigenvalue weighted by molar-refractivity contribution is 6.03. The van der Waals surface area contributed by atoms with Crippen molar-refractivity contribution in [3.63, 3.8) is 0 Å². The minimum atomic E-state index is -1.29. The second-order valence-electron chi connectivity index (χ2n) is 7.23. The number of nitrogens with zero attached hydrogens (tertiary/aromatic N) is 1. The van der Waals surface area contributed by atoms with Crippen LogP contribution in [-0.4, -0.2) is 33.2 Å². The van der Waals surface area contributed by atoms with Gasteiger partial charge in [-0.25, -0.2) is 4.39 Å². The zero-order valence-corrected chi connectivity index (χ0v) is 14.8. The first-order valence-electron chi connectivity index (χ1n) is 8.06. The quantitative estimate of drug-likeness (QED) is 0.753. The molecule has 0 saturated heterocycles. The van der Waals surface area contributed by atoms with Gasteiger partial charge in [-0.2, -0.15) is 0 Å². The van der Waals surface area contributed by atoms with Crippen LogP contribution in [0.3, 0.4) is 0 Å². The number of benzene rings is 1. The molecule has 0 spiro atoms. The molecule has 1 amide bonds. The van der Waals surface area contributed by atoms with Gasteiger partial charge in [-0.1, -0.05) is 20.8 Å². The molecule has 1 heterocycles. The lowest BCUT2D eigenvalue weighted by atomic mass is 9.92. The number of aliphatic carboxylic acids is 1. The van der Waals surface area contributed by atoms with Gasteiger partial charge >= 0.3 is 5.97 Å². The normalized spacial score (nSPS) is 11.5. The van der Waals surface area contributed by atoms with Crippen molar-refractivity contribution in [2.24, 2.45) is 5.41 Å². The fourth-order valence-corrected chi connectivity index (χ4v) is 2.53. The molecule has 0 aliphatic heterocycles. The number of hydrogen-bond donors (Lipinski definition) is 3. The van der Waals surface area contributed by atoms with Gasteiger partial charge in [-0.15, -0.1) is 0 Å². The first-order chi connectivity index (χ1) is 12.0. The van der Waals surface area contributed by atoms with E-state index in [-0.39, 0.29) is 17.3 Å². The fourth-order valence-electron chi connectivity index (χ4n) is 2.53. The zero-order chi connectivity index (χ0) is 19.6. The number of carboxylic acids is 1. The van der Waals surface area contributed by atoms with Crippen molar-refractivity contribution in [3.8, 4) is 5.75 Å². The summed E-state index contributed by atoms with van der Waals surface area (Å²) in [6, 6.07) is 3.57. The van der Waals surface area contributed by atoms with Crippen LogP contribution in [-0.2, 0) is 11.3 Å². The maximum absolute atomic E-state index is 13.6. The summed E-state index contributed by atoms with van der Waals surface area (Å²) in [5.41, 5.74) is -1.16. The van der Waals surface area contributed by atoms with Crippen molar-refractivity contribution in [3.05, 3.63) is 39.9 Å². The number of carbonyl (C=O) groups is 2. The van der Waals surface area contributed by atoms with E-state index in [0.717, 1.165) is 6.07 Å². The number of rotatable bonds is 5. The van der Waals surface area contributed by atoms with E-state index >= 15 is 0 Å². The Morgan fingerprint density at radius 1 is 1.27 bits per heavy atom. The van der Waals surface area contributed by atoms with E-state index in [2.05, 4.69) is 5.32 Å². The van der Waals surface area contributed by atoms with Gasteiger partial charge in [-0.3, -0.25) is 14.4 Å². The van der Waals surface area contributed by atoms with Crippen molar-refractivity contribution in [2.75, 3.05) is 6.54 Å². The highest BCUT2D eigenvalue weighted by Gasteiger charge is 2.23. The molecule has 1 aromatic carbocycles. The Morgan fingerprint density at radius 2 is 1.92 bits per heavy atom. The van der Waals surface area contributed by atoms with Crippen molar-refractivity contribution >= 4 is 22.8 Å². The van der Waals surface area contributed by atoms with E-state index in [1.165, 1.54) is 16.7 Å². The summed E-state index contributed by atoms with van der Waals surface area (Å²) in [5, 5.41) is 21.1. The van der Waals surface area contributed by atoms with Gasteiger partial charge in [0.15, 0.2) is 0 Å². The van der Waals surface area contributed by atoms with Crippen LogP contribution in [0.5, 0.6) is 5.75 Å². The highest BCUT2D eigenvalue weighted by atomic mass is 19.1. The monoisotopic (exact) mass is 364 g/mol. The molecule has 26 heavy (non-hydrogen) atoms. The number of halogens is 1. The van der Waals surface area contributed by atoms with E-state index in [4.69, 9.17) is 5.11 Å². The molecule has 0 fully saturated rings. The molecule has 0 aliphatic rings. The standard InChI is InChI=1S/C18H21FN2O5/c1-18(2,3)6-7-21-12-5-4-10(19)8-11(12)15(24)14(17(21)26)16(25)20-9-13(22)23/h4-5,8,24H,6-7,9H2,1-3H3,(H,20,25)(H,22,23). The van der Waals surface area contributed by atoms with Gasteiger partial charge in [0.25, 0.3) is 11.5 Å². The van der Waals surface area contributed by atoms with Crippen LogP contribution < -0.4 is 10.9 Å². The van der Waals surface area contributed by atoms with E-state index in [9.17, 15) is 23.9 Å². The molecule has 7 nitrogen and oxygen atoms in total. The number of hydrogen-bond acceptors (Lipinski definition) is 4. The van der Waals surface area contributed by atoms with Crippen molar-refractivity contribution in [2.45, 2.75) is 33.7 Å². The average Bonchev–Trinajstić information content (AvgIpc) is 2.52. The largest absolute Gasteiger partial charge is 0.506 e. The SMILES string of the molecule is CC(C)(C)CCn1c(=O)c(C(=O)NCC(=O)O)c(O)c2cc(F)ccc21. The summed E-state index contributed by atoms with van der Waals surface area (Å²) < 4.78 is 14.9. The summed E-state index contributed by atoms with van der Waals surface area (Å²) >= 11 is 0. The molecular weight excluding hydrogens is 343 g/mol. The number of carboxylic acid groups (broad SMARTS) is 1. The number of fused-ring (bicyclic) bond motifs is 1. The van der Waals surface area contributed by atoms with Crippen molar-refractivity contribution in [1.29, 1.82) is 0 Å². The Bertz CT molecular complexity index is 928. The van der Waals surface area contributed by atoms with Gasteiger partial charge < -0.3 is 20.1 Å². The third kappa shape index (κ3) is 4.19. The summed E-state index contributed by atoms with van der Waals surface area (Å²) in [5.74, 6) is -3.62. The summed E-state index contributed by atoms with van der Waals surface area (Å²) in [6.45, 7) is 5.51. The maximum Gasteiger partial charge on any atom is 0.322 e. The third-order valence-corrected chi connectivity index (χ3v) is 3.91. The second-order valence-corrected chi connectivity index (χ2v) is 7.23. The number of nitrogens with one attached hydrogen (secondary N) is 1. The Morgan fingerprint density at radius 3 is 2.50 bits per heavy atom. The van der Waals surface area contributed by atoms with Crippen LogP contribution in [0, 0.1) is 11.2 Å². The Hall–Kier alpha value is -2.90. The van der Waals surface area contributed by atoms with E-state index in [1.54, 1.807) is 0 Å². The van der Waals surface area contributed by atoms with Crippen molar-refractivity contribution < 1.29 is 24.2 Å². The number of aromatic nitrogens is 1. The molecule has 2 aromatic rings. The number of carbonyl (C=O) groups excluding carboxylic acids is 1. The van der Waals surface area contributed by atoms with Crippen LogP contribution in [0.2, 0.25) is 0 Å². The molecule has 0 bridgehead atoms. The van der Waals surface area contributed by atoms with Crippen LogP contribution in [0.15, 0.2) is 23.0 Å². The number of amides is 1. The first kappa shape index (κ1) is 19.4. The Kier molecular flexibility index (Phi) is 5.34. The topological polar surface area (TPSA) is 109 Å². The molecule has 0 atom stereocenters. The second kappa shape index (κ2) is 7.15. The van der Waals surface area contributed by atoms with Gasteiger partial charge in [0.05, 0.1) is 5.52 Å². The highest BCUT2D eigenvalue weighted by Crippen LogP contribution is 2.28. The predicted molar refractivity (Wildman–Crippen MR) is 93.9 cm³/mol. The Labute approximate surface area is 149 Å². The minimum absolute atomic E-state index is 0.0129. The lowest BCUT2D eigenvalue weighted by molar-refractivity contribution is -0.135. The average molecular weight is 364 g/mol. The number of aromatic hydroxyl groups is 1. The molecule has 2 rings (SSSR count). The van der Waals surface area contributed by atoms with Gasteiger partial charge in [-0.05, 0) is 30.0 Å². The van der Waals surface area contributed by atoms with Crippen LogP contribution in [0.25, 0.3) is 10.9 Å². The van der Waals surface area contributed by atoms with Gasteiger partial charge in [0.2, 0.25) is 0 Å². The van der Waals surface area contributed by atoms with Crippen LogP contribution >= 0.6 is 0 Å². The summed E-state index contributed by atoms with van der Waals surface area (Å²) in [6.07, 6.45) is 0.598. The summed E-state index contributed by atoms with van der Waals surface area (Å²) in [7, 11) is 0. The lowest BCUT2D eigenvalue weighted by Crippen LogP contribution is -2.36. The Balaban J connectivity index is 2.66. The third-order valence-electron chi connectivity index (χ3n) is 3.91. The van der Waals surface area contributed by atoms with Crippen molar-refractivity contribution in [1.82, 2.24) is 9.88 Å². The van der Waals surface area contributed by atoms with Crippen LogP contribution in [0.1, 0.15) is 37.6 Å².